The zero-order valence-corrected chi connectivity index (χ0v) is 14.7. The van der Waals surface area contributed by atoms with Gasteiger partial charge in [0.1, 0.15) is 6.04 Å². The zero-order valence-electron chi connectivity index (χ0n) is 14.7. The van der Waals surface area contributed by atoms with E-state index in [1.807, 2.05) is 18.2 Å². The number of hydrogen-bond acceptors (Lipinski definition) is 5. The summed E-state index contributed by atoms with van der Waals surface area (Å²) in [7, 11) is 0. The van der Waals surface area contributed by atoms with Crippen LogP contribution in [0.25, 0.3) is 0 Å². The van der Waals surface area contributed by atoms with Gasteiger partial charge in [0.2, 0.25) is 11.8 Å². The quantitative estimate of drug-likeness (QED) is 0.499. The highest BCUT2D eigenvalue weighted by Gasteiger charge is 2.39. The maximum atomic E-state index is 13.0. The Hall–Kier alpha value is -2.25. The van der Waals surface area contributed by atoms with E-state index in [1.54, 1.807) is 4.90 Å². The summed E-state index contributed by atoms with van der Waals surface area (Å²) in [4.78, 5) is 38.1. The summed E-state index contributed by atoms with van der Waals surface area (Å²) < 4.78 is 0. The van der Waals surface area contributed by atoms with Crippen LogP contribution in [-0.4, -0.2) is 48.3 Å². The van der Waals surface area contributed by atoms with Crippen molar-refractivity contribution < 1.29 is 14.4 Å². The number of piperidine rings is 1. The molecule has 0 saturated carbocycles. The fourth-order valence-electron chi connectivity index (χ4n) is 3.92. The third kappa shape index (κ3) is 3.24. The standard InChI is InChI=1S/C19H24N4O3/c24-16-5-4-15(18(25)22-16)23-11-14-3-1-2-13(17(14)19(23)26)10-20-7-6-12-8-21-9-12/h1-3,12,15,20-21H,4-11H2,(H,22,24,25). The number of fused-ring (bicyclic) bond motifs is 1. The topological polar surface area (TPSA) is 90.5 Å². The van der Waals surface area contributed by atoms with E-state index >= 15 is 0 Å². The molecular weight excluding hydrogens is 332 g/mol. The second-order valence-corrected chi connectivity index (χ2v) is 7.34. The molecule has 3 N–H and O–H groups in total. The summed E-state index contributed by atoms with van der Waals surface area (Å²) in [5, 5.41) is 9.05. The number of benzene rings is 1. The van der Waals surface area contributed by atoms with E-state index in [0.717, 1.165) is 48.7 Å². The molecule has 1 unspecified atom stereocenters. The van der Waals surface area contributed by atoms with Crippen LogP contribution in [0.5, 0.6) is 0 Å². The molecule has 4 rings (SSSR count). The predicted octanol–water partition coefficient (Wildman–Crippen LogP) is 0.147. The van der Waals surface area contributed by atoms with Crippen molar-refractivity contribution in [2.45, 2.75) is 38.4 Å². The van der Waals surface area contributed by atoms with Crippen molar-refractivity contribution >= 4 is 17.7 Å². The first-order chi connectivity index (χ1) is 12.6. The molecule has 1 aromatic carbocycles. The van der Waals surface area contributed by atoms with Crippen molar-refractivity contribution in [3.63, 3.8) is 0 Å². The van der Waals surface area contributed by atoms with Gasteiger partial charge in [0.25, 0.3) is 5.91 Å². The first kappa shape index (κ1) is 17.2. The molecule has 7 heteroatoms. The molecule has 26 heavy (non-hydrogen) atoms. The Morgan fingerprint density at radius 2 is 2.04 bits per heavy atom. The molecule has 0 spiro atoms. The number of nitrogens with one attached hydrogen (secondary N) is 3. The van der Waals surface area contributed by atoms with Gasteiger partial charge < -0.3 is 15.5 Å². The highest BCUT2D eigenvalue weighted by molar-refractivity contribution is 6.05. The maximum absolute atomic E-state index is 13.0. The molecule has 3 amide bonds. The zero-order chi connectivity index (χ0) is 18.1. The van der Waals surface area contributed by atoms with Gasteiger partial charge in [-0.3, -0.25) is 19.7 Å². The Morgan fingerprint density at radius 3 is 2.77 bits per heavy atom. The Kier molecular flexibility index (Phi) is 4.74. The van der Waals surface area contributed by atoms with Gasteiger partial charge in [0, 0.05) is 25.1 Å². The van der Waals surface area contributed by atoms with E-state index in [-0.39, 0.29) is 24.1 Å². The minimum absolute atomic E-state index is 0.102. The number of rotatable bonds is 6. The summed E-state index contributed by atoms with van der Waals surface area (Å²) in [6, 6.07) is 5.33. The van der Waals surface area contributed by atoms with Gasteiger partial charge in [0.15, 0.2) is 0 Å². The van der Waals surface area contributed by atoms with Crippen LogP contribution in [0.15, 0.2) is 18.2 Å². The van der Waals surface area contributed by atoms with E-state index < -0.39 is 6.04 Å². The molecule has 0 bridgehead atoms. The largest absolute Gasteiger partial charge is 0.322 e. The molecule has 3 aliphatic heterocycles. The van der Waals surface area contributed by atoms with E-state index in [2.05, 4.69) is 16.0 Å². The van der Waals surface area contributed by atoms with Crippen LogP contribution in [-0.2, 0) is 22.7 Å². The number of nitrogens with zero attached hydrogens (tertiary/aromatic N) is 1. The lowest BCUT2D eigenvalue weighted by atomic mass is 9.99. The highest BCUT2D eigenvalue weighted by atomic mass is 16.2. The smallest absolute Gasteiger partial charge is 0.255 e. The van der Waals surface area contributed by atoms with Gasteiger partial charge in [-0.1, -0.05) is 18.2 Å². The second-order valence-electron chi connectivity index (χ2n) is 7.34. The molecule has 2 fully saturated rings. The first-order valence-electron chi connectivity index (χ1n) is 9.30. The molecule has 1 aromatic rings. The number of amides is 3. The Balaban J connectivity index is 1.42. The van der Waals surface area contributed by atoms with Gasteiger partial charge in [-0.2, -0.15) is 0 Å². The number of imide groups is 1. The Labute approximate surface area is 152 Å². The minimum atomic E-state index is -0.556. The summed E-state index contributed by atoms with van der Waals surface area (Å²) in [6.07, 6.45) is 1.81. The van der Waals surface area contributed by atoms with Crippen molar-refractivity contribution in [1.29, 1.82) is 0 Å². The molecular formula is C19H24N4O3. The van der Waals surface area contributed by atoms with E-state index in [0.29, 0.717) is 19.5 Å². The number of carbonyl (C=O) groups is 3. The summed E-state index contributed by atoms with van der Waals surface area (Å²) in [5.74, 6) is 0.0295. The van der Waals surface area contributed by atoms with E-state index in [1.165, 1.54) is 0 Å². The maximum Gasteiger partial charge on any atom is 0.255 e. The molecule has 3 heterocycles. The van der Waals surface area contributed by atoms with Crippen molar-refractivity contribution in [3.05, 3.63) is 34.9 Å². The van der Waals surface area contributed by atoms with Gasteiger partial charge in [0.05, 0.1) is 0 Å². The number of hydrogen-bond donors (Lipinski definition) is 3. The Bertz CT molecular complexity index is 744. The van der Waals surface area contributed by atoms with Crippen LogP contribution in [0.2, 0.25) is 0 Å². The average molecular weight is 356 g/mol. The average Bonchev–Trinajstić information content (AvgIpc) is 2.91. The lowest BCUT2D eigenvalue weighted by molar-refractivity contribution is -0.136. The van der Waals surface area contributed by atoms with E-state index in [9.17, 15) is 14.4 Å². The molecule has 1 atom stereocenters. The molecule has 0 aliphatic carbocycles. The predicted molar refractivity (Wildman–Crippen MR) is 95.2 cm³/mol. The van der Waals surface area contributed by atoms with Crippen molar-refractivity contribution in [1.82, 2.24) is 20.9 Å². The van der Waals surface area contributed by atoms with Gasteiger partial charge >= 0.3 is 0 Å². The van der Waals surface area contributed by atoms with Crippen LogP contribution < -0.4 is 16.0 Å². The monoisotopic (exact) mass is 356 g/mol. The van der Waals surface area contributed by atoms with Crippen LogP contribution >= 0.6 is 0 Å². The second kappa shape index (κ2) is 7.17. The van der Waals surface area contributed by atoms with Gasteiger partial charge in [-0.05, 0) is 49.5 Å². The summed E-state index contributed by atoms with van der Waals surface area (Å²) >= 11 is 0. The van der Waals surface area contributed by atoms with Crippen molar-refractivity contribution in [2.24, 2.45) is 5.92 Å². The van der Waals surface area contributed by atoms with Crippen LogP contribution in [0.4, 0.5) is 0 Å². The SMILES string of the molecule is O=C1CCC(N2Cc3cccc(CNCCC4CNC4)c3C2=O)C(=O)N1. The molecule has 0 aromatic heterocycles. The van der Waals surface area contributed by atoms with Crippen LogP contribution in [0, 0.1) is 5.92 Å². The summed E-state index contributed by atoms with van der Waals surface area (Å²) in [5.41, 5.74) is 2.66. The van der Waals surface area contributed by atoms with Crippen molar-refractivity contribution in [2.75, 3.05) is 19.6 Å². The normalized spacial score (nSPS) is 23.0. The van der Waals surface area contributed by atoms with Gasteiger partial charge in [-0.25, -0.2) is 0 Å². The fourth-order valence-corrected chi connectivity index (χ4v) is 3.92. The van der Waals surface area contributed by atoms with E-state index in [4.69, 9.17) is 0 Å². The molecule has 2 saturated heterocycles. The van der Waals surface area contributed by atoms with Crippen LogP contribution in [0.1, 0.15) is 40.7 Å². The minimum Gasteiger partial charge on any atom is -0.322 e. The lowest BCUT2D eigenvalue weighted by Crippen LogP contribution is -2.52. The number of carbonyl (C=O) groups excluding carboxylic acids is 3. The molecule has 138 valence electrons. The fraction of sp³-hybridized carbons (Fsp3) is 0.526. The third-order valence-electron chi connectivity index (χ3n) is 5.55. The van der Waals surface area contributed by atoms with Crippen molar-refractivity contribution in [3.8, 4) is 0 Å². The van der Waals surface area contributed by atoms with Crippen LogP contribution in [0.3, 0.4) is 0 Å². The third-order valence-corrected chi connectivity index (χ3v) is 5.55. The summed E-state index contributed by atoms with van der Waals surface area (Å²) in [6.45, 7) is 4.21. The highest BCUT2D eigenvalue weighted by Crippen LogP contribution is 2.29. The molecule has 3 aliphatic rings. The van der Waals surface area contributed by atoms with Gasteiger partial charge in [-0.15, -0.1) is 0 Å². The lowest BCUT2D eigenvalue weighted by Gasteiger charge is -2.29. The molecule has 7 nitrogen and oxygen atoms in total. The first-order valence-corrected chi connectivity index (χ1v) is 9.30. The molecule has 0 radical (unpaired) electrons. The Morgan fingerprint density at radius 1 is 1.19 bits per heavy atom.